The third kappa shape index (κ3) is 19.5. The van der Waals surface area contributed by atoms with Crippen molar-refractivity contribution >= 4 is 101 Å². The molecule has 3 fully saturated rings. The molecule has 102 heavy (non-hydrogen) atoms. The van der Waals surface area contributed by atoms with Crippen LogP contribution in [-0.2, 0) is 39.0 Å². The van der Waals surface area contributed by atoms with E-state index in [1.807, 2.05) is 90.2 Å². The van der Waals surface area contributed by atoms with E-state index in [4.69, 9.17) is 11.6 Å². The number of nitrogens with one attached hydrogen (secondary N) is 4. The molecule has 1 aromatic heterocycles. The maximum atomic E-state index is 14.6. The zero-order chi connectivity index (χ0) is 73.5. The first-order valence-corrected chi connectivity index (χ1v) is 39.5. The molecule has 10 rings (SSSR count). The SMILES string of the molecule is Cc1ncsc1-c1ccc(C(C)NC(=O)C2CC(O)CN2C(=O)C(NC(=O)CCC(=O)N2CCN(CCC(CSc3ccccc3)Nc3ccc(S(=O)(=O)NC(=O)c4ccc(N5CCN(CC6=C(c7ccc(Cl)cc7)CCC(C)(C)C6)CC5)cc4)cc3S(=O)(=O)C(F)(F)F)CC2)C(C)(C)C)cc1. The number of aliphatic hydroxyl groups is 1. The van der Waals surface area contributed by atoms with E-state index >= 15 is 0 Å². The largest absolute Gasteiger partial charge is 0.501 e. The summed E-state index contributed by atoms with van der Waals surface area (Å²) in [5.74, 6) is -2.70. The molecule has 3 saturated heterocycles. The van der Waals surface area contributed by atoms with Gasteiger partial charge < -0.3 is 35.8 Å². The smallest absolute Gasteiger partial charge is 0.391 e. The molecule has 3 aliphatic heterocycles. The summed E-state index contributed by atoms with van der Waals surface area (Å²) >= 11 is 9.13. The maximum Gasteiger partial charge on any atom is 0.501 e. The molecule has 5 unspecified atom stereocenters. The summed E-state index contributed by atoms with van der Waals surface area (Å²) in [7, 11) is -11.2. The van der Waals surface area contributed by atoms with Gasteiger partial charge in [0.2, 0.25) is 23.6 Å². The number of carbonyl (C=O) groups excluding carboxylic acids is 5. The first-order chi connectivity index (χ1) is 48.2. The lowest BCUT2D eigenvalue weighted by Crippen LogP contribution is -2.58. The van der Waals surface area contributed by atoms with E-state index in [9.17, 15) is 59.1 Å². The van der Waals surface area contributed by atoms with Crippen molar-refractivity contribution in [3.05, 3.63) is 160 Å². The second-order valence-electron chi connectivity index (χ2n) is 28.6. The molecule has 0 bridgehead atoms. The number of aliphatic hydroxyl groups excluding tert-OH is 1. The number of carbonyl (C=O) groups is 5. The highest BCUT2D eigenvalue weighted by molar-refractivity contribution is 7.99. The number of β-amino-alcohol motifs (C(OH)–C–C–N with tert-alkyl or cyclic N) is 1. The number of aromatic nitrogens is 1. The summed E-state index contributed by atoms with van der Waals surface area (Å²) in [6, 6.07) is 30.3. The zero-order valence-electron chi connectivity index (χ0n) is 58.4. The van der Waals surface area contributed by atoms with Crippen LogP contribution in [0.5, 0.6) is 0 Å². The van der Waals surface area contributed by atoms with Gasteiger partial charge in [-0.2, -0.15) is 13.2 Å². The van der Waals surface area contributed by atoms with Crippen molar-refractivity contribution in [2.45, 2.75) is 144 Å². The van der Waals surface area contributed by atoms with E-state index in [1.165, 1.54) is 56.8 Å². The molecule has 5 atom stereocenters. The number of amides is 5. The predicted octanol–water partition coefficient (Wildman–Crippen LogP) is 11.2. The van der Waals surface area contributed by atoms with Gasteiger partial charge in [-0.05, 0) is 139 Å². The fourth-order valence-corrected chi connectivity index (χ4v) is 17.5. The van der Waals surface area contributed by atoms with Gasteiger partial charge in [-0.15, -0.1) is 23.1 Å². The number of halogens is 4. The molecule has 28 heteroatoms. The average molecular weight is 1500 g/mol. The Labute approximate surface area is 609 Å². The molecular formula is C74H90ClF3N10O10S4. The van der Waals surface area contributed by atoms with Gasteiger partial charge in [-0.1, -0.05) is 106 Å². The number of thioether (sulfide) groups is 1. The average Bonchev–Trinajstić information content (AvgIpc) is 0.912. The van der Waals surface area contributed by atoms with Crippen molar-refractivity contribution in [3.8, 4) is 10.4 Å². The minimum atomic E-state index is -6.21. The lowest BCUT2D eigenvalue weighted by atomic mass is 9.73. The molecule has 0 saturated carbocycles. The van der Waals surface area contributed by atoms with Crippen LogP contribution in [-0.4, -0.2) is 184 Å². The van der Waals surface area contributed by atoms with Crippen molar-refractivity contribution in [1.82, 2.24) is 39.9 Å². The zero-order valence-corrected chi connectivity index (χ0v) is 62.4. The van der Waals surface area contributed by atoms with Gasteiger partial charge in [0, 0.05) is 124 Å². The topological polar surface area (TPSA) is 251 Å². The number of piperazine rings is 2. The Balaban J connectivity index is 0.725. The van der Waals surface area contributed by atoms with Crippen LogP contribution in [0.15, 0.2) is 147 Å². The summed E-state index contributed by atoms with van der Waals surface area (Å²) in [4.78, 5) is 82.7. The number of allylic oxidation sites excluding steroid dienone is 1. The van der Waals surface area contributed by atoms with E-state index in [0.717, 1.165) is 83.3 Å². The number of alkyl halides is 3. The third-order valence-electron chi connectivity index (χ3n) is 19.4. The van der Waals surface area contributed by atoms with Gasteiger partial charge in [0.15, 0.2) is 0 Å². The second kappa shape index (κ2) is 32.7. The molecular weight excluding hydrogens is 1410 g/mol. The lowest BCUT2D eigenvalue weighted by molar-refractivity contribution is -0.144. The molecule has 5 N–H and O–H groups in total. The Bertz CT molecular complexity index is 4240. The summed E-state index contributed by atoms with van der Waals surface area (Å²) in [6.45, 7) is 19.0. The van der Waals surface area contributed by atoms with Crippen LogP contribution < -0.4 is 25.6 Å². The molecule has 0 radical (unpaired) electrons. The van der Waals surface area contributed by atoms with Gasteiger partial charge in [0.25, 0.3) is 25.8 Å². The molecule has 0 spiro atoms. The lowest BCUT2D eigenvalue weighted by Gasteiger charge is -2.39. The van der Waals surface area contributed by atoms with Gasteiger partial charge >= 0.3 is 5.51 Å². The fraction of sp³-hybridized carbons (Fsp3) is 0.459. The van der Waals surface area contributed by atoms with E-state index < -0.39 is 100 Å². The number of hydrogen-bond donors (Lipinski definition) is 5. The molecule has 6 aromatic rings. The number of sulfonamides is 1. The van der Waals surface area contributed by atoms with Crippen LogP contribution in [0, 0.1) is 17.8 Å². The third-order valence-corrected chi connectivity index (χ3v) is 24.7. The highest BCUT2D eigenvalue weighted by Crippen LogP contribution is 2.44. The Morgan fingerprint density at radius 1 is 0.804 bits per heavy atom. The Morgan fingerprint density at radius 2 is 1.46 bits per heavy atom. The highest BCUT2D eigenvalue weighted by atomic mass is 35.5. The van der Waals surface area contributed by atoms with Crippen LogP contribution in [0.25, 0.3) is 16.0 Å². The monoisotopic (exact) mass is 1500 g/mol. The van der Waals surface area contributed by atoms with Crippen molar-refractivity contribution in [2.75, 3.05) is 88.0 Å². The quantitative estimate of drug-likeness (QED) is 0.0334. The normalized spacial score (nSPS) is 18.9. The van der Waals surface area contributed by atoms with Crippen LogP contribution >= 0.6 is 34.7 Å². The van der Waals surface area contributed by atoms with Crippen molar-refractivity contribution in [1.29, 1.82) is 0 Å². The van der Waals surface area contributed by atoms with E-state index in [1.54, 1.807) is 43.3 Å². The number of nitrogens with zero attached hydrogens (tertiary/aromatic N) is 6. The van der Waals surface area contributed by atoms with Gasteiger partial charge in [0.1, 0.15) is 17.0 Å². The molecule has 4 aliphatic rings. The number of sulfone groups is 1. The summed E-state index contributed by atoms with van der Waals surface area (Å²) < 4.78 is 100. The molecule has 5 amide bonds. The number of anilines is 2. The standard InChI is InChI=1S/C74H90ClF3N10O10S4/c1-48(50-13-15-52(16-14-50)67-49(2)79-47-100-67)80-70(93)63-41-58(89)45-88(63)71(94)68(72(3,4)5)82-65(90)27-28-66(91)87-39-33-84(34-40-87)32-30-56(46-99-59-11-9-8-10-12-59)81-62-26-25-60(42-64(62)101(95,96)74(76,77)78)102(97,98)83-69(92)53-19-23-57(24-20-53)86-37-35-85(36-38-86)44-54-43-73(6,7)31-29-61(54)51-17-21-55(75)22-18-51/h8-26,42,47-48,56,58,63,68,81,89H,27-41,43-46H2,1-7H3,(H,80,93)(H,82,90)(H,83,92). The fourth-order valence-electron chi connectivity index (χ4n) is 13.5. The van der Waals surface area contributed by atoms with Gasteiger partial charge in [0.05, 0.1) is 38.8 Å². The number of rotatable bonds is 25. The van der Waals surface area contributed by atoms with Crippen LogP contribution in [0.1, 0.15) is 120 Å². The second-order valence-corrected chi connectivity index (χ2v) is 34.6. The number of hydrogen-bond acceptors (Lipinski definition) is 17. The summed E-state index contributed by atoms with van der Waals surface area (Å²) in [5.41, 5.74) is 2.28. The predicted molar refractivity (Wildman–Crippen MR) is 393 cm³/mol. The molecule has 5 aromatic carbocycles. The number of aryl methyl sites for hydroxylation is 1. The molecule has 4 heterocycles. The summed E-state index contributed by atoms with van der Waals surface area (Å²) in [6.07, 6.45) is 1.93. The minimum Gasteiger partial charge on any atom is -0.391 e. The van der Waals surface area contributed by atoms with Crippen LogP contribution in [0.3, 0.4) is 0 Å². The van der Waals surface area contributed by atoms with Crippen molar-refractivity contribution < 1.29 is 59.1 Å². The first kappa shape index (κ1) is 77.2. The van der Waals surface area contributed by atoms with E-state index in [2.05, 4.69) is 56.7 Å². The van der Waals surface area contributed by atoms with Crippen molar-refractivity contribution in [3.63, 3.8) is 0 Å². The number of thiazole rings is 1. The van der Waals surface area contributed by atoms with E-state index in [0.29, 0.717) is 43.8 Å². The van der Waals surface area contributed by atoms with Crippen LogP contribution in [0.2, 0.25) is 5.02 Å². The molecule has 548 valence electrons. The summed E-state index contributed by atoms with van der Waals surface area (Å²) in [5, 5.41) is 20.3. The Hall–Kier alpha value is -7.37. The maximum absolute atomic E-state index is 14.6. The van der Waals surface area contributed by atoms with Crippen LogP contribution in [0.4, 0.5) is 24.5 Å². The first-order valence-electron chi connectivity index (χ1n) is 34.3. The van der Waals surface area contributed by atoms with Gasteiger partial charge in [-0.25, -0.2) is 26.5 Å². The molecule has 1 aliphatic carbocycles. The van der Waals surface area contributed by atoms with Crippen molar-refractivity contribution in [2.24, 2.45) is 10.8 Å². The highest BCUT2D eigenvalue weighted by Gasteiger charge is 2.49. The Kier molecular flexibility index (Phi) is 24.8. The molecule has 20 nitrogen and oxygen atoms in total. The number of likely N-dealkylation sites (tertiary alicyclic amines) is 1. The Morgan fingerprint density at radius 3 is 2.10 bits per heavy atom. The minimum absolute atomic E-state index is 0.00381. The van der Waals surface area contributed by atoms with Gasteiger partial charge in [-0.3, -0.25) is 33.8 Å². The van der Waals surface area contributed by atoms with E-state index in [-0.39, 0.29) is 68.0 Å². The number of benzene rings is 5.